The standard InChI is InChI=1S/C14H20O9/c1-7(15)19-5-11-13(22-9(3)17)14(23-10(4)18)12(6-20-11)21-8(2)16/h11-14H,5-6H2,1-4H3/t11-,12+,13-,14-/m1/s1/i6D/t6-,11+,12-,13+,14+/m0. The third-order valence-electron chi connectivity index (χ3n) is 2.76. The van der Waals surface area contributed by atoms with Crippen molar-refractivity contribution in [3.8, 4) is 0 Å². The van der Waals surface area contributed by atoms with Gasteiger partial charge in [-0.2, -0.15) is 0 Å². The lowest BCUT2D eigenvalue weighted by Gasteiger charge is -2.40. The number of carbonyl (C=O) groups excluding carboxylic acids is 4. The van der Waals surface area contributed by atoms with Crippen LogP contribution in [0.4, 0.5) is 0 Å². The van der Waals surface area contributed by atoms with E-state index in [0.717, 1.165) is 20.8 Å². The van der Waals surface area contributed by atoms with Crippen LogP contribution in [0.5, 0.6) is 0 Å². The number of hydrogen-bond donors (Lipinski definition) is 0. The molecule has 0 aliphatic carbocycles. The van der Waals surface area contributed by atoms with Gasteiger partial charge in [0.2, 0.25) is 0 Å². The van der Waals surface area contributed by atoms with Gasteiger partial charge in [-0.3, -0.25) is 19.2 Å². The highest BCUT2D eigenvalue weighted by atomic mass is 16.7. The highest BCUT2D eigenvalue weighted by Crippen LogP contribution is 2.24. The maximum Gasteiger partial charge on any atom is 0.303 e. The average Bonchev–Trinajstić information content (AvgIpc) is 2.42. The second-order valence-electron chi connectivity index (χ2n) is 4.84. The first-order valence-electron chi connectivity index (χ1n) is 7.42. The molecule has 23 heavy (non-hydrogen) atoms. The Hall–Kier alpha value is -2.16. The fourth-order valence-corrected chi connectivity index (χ4v) is 2.01. The van der Waals surface area contributed by atoms with Crippen molar-refractivity contribution in [3.63, 3.8) is 0 Å². The molecule has 0 unspecified atom stereocenters. The fourth-order valence-electron chi connectivity index (χ4n) is 2.01. The van der Waals surface area contributed by atoms with Gasteiger partial charge in [-0.1, -0.05) is 0 Å². The summed E-state index contributed by atoms with van der Waals surface area (Å²) in [4.78, 5) is 44.9. The summed E-state index contributed by atoms with van der Waals surface area (Å²) in [5.41, 5.74) is 0. The zero-order valence-electron chi connectivity index (χ0n) is 14.3. The molecule has 9 nitrogen and oxygen atoms in total. The normalized spacial score (nSPS) is 30.6. The molecule has 1 aliphatic rings. The molecular weight excluding hydrogens is 312 g/mol. The highest BCUT2D eigenvalue weighted by Gasteiger charge is 2.47. The molecule has 0 aromatic heterocycles. The lowest BCUT2D eigenvalue weighted by atomic mass is 9.99. The Kier molecular flexibility index (Phi) is 6.33. The van der Waals surface area contributed by atoms with Crippen LogP contribution in [0.2, 0.25) is 0 Å². The molecule has 1 heterocycles. The highest BCUT2D eigenvalue weighted by molar-refractivity contribution is 5.68. The van der Waals surface area contributed by atoms with E-state index >= 15 is 0 Å². The second-order valence-corrected chi connectivity index (χ2v) is 4.84. The van der Waals surface area contributed by atoms with Crippen LogP contribution in [-0.2, 0) is 42.9 Å². The van der Waals surface area contributed by atoms with Crippen LogP contribution in [0.3, 0.4) is 0 Å². The molecule has 0 bridgehead atoms. The van der Waals surface area contributed by atoms with E-state index in [-0.39, 0.29) is 6.61 Å². The minimum Gasteiger partial charge on any atom is -0.463 e. The van der Waals surface area contributed by atoms with Crippen LogP contribution >= 0.6 is 0 Å². The van der Waals surface area contributed by atoms with Crippen LogP contribution in [0, 0.1) is 0 Å². The first kappa shape index (κ1) is 17.2. The molecule has 1 saturated heterocycles. The summed E-state index contributed by atoms with van der Waals surface area (Å²) in [6.45, 7) is 2.78. The van der Waals surface area contributed by atoms with Crippen LogP contribution in [-0.4, -0.2) is 61.5 Å². The van der Waals surface area contributed by atoms with Crippen LogP contribution in [0.25, 0.3) is 0 Å². The molecule has 0 aromatic rings. The molecule has 0 saturated carbocycles. The number of hydrogen-bond acceptors (Lipinski definition) is 9. The first-order valence-corrected chi connectivity index (χ1v) is 6.84. The summed E-state index contributed by atoms with van der Waals surface area (Å²) >= 11 is 0. The summed E-state index contributed by atoms with van der Waals surface area (Å²) in [5, 5.41) is 0. The molecule has 1 fully saturated rings. The van der Waals surface area contributed by atoms with E-state index in [1.54, 1.807) is 0 Å². The van der Waals surface area contributed by atoms with E-state index in [4.69, 9.17) is 25.1 Å². The zero-order chi connectivity index (χ0) is 18.4. The minimum atomic E-state index is -1.43. The Labute approximate surface area is 134 Å². The molecule has 0 spiro atoms. The molecule has 5 atom stereocenters. The fraction of sp³-hybridized carbons (Fsp3) is 0.714. The minimum absolute atomic E-state index is 0.326. The summed E-state index contributed by atoms with van der Waals surface area (Å²) < 4.78 is 33.2. The molecule has 0 radical (unpaired) electrons. The van der Waals surface area contributed by atoms with Crippen LogP contribution in [0.1, 0.15) is 29.1 Å². The van der Waals surface area contributed by atoms with E-state index in [9.17, 15) is 19.2 Å². The maximum atomic E-state index is 11.4. The second kappa shape index (κ2) is 8.47. The summed E-state index contributed by atoms with van der Waals surface area (Å²) in [7, 11) is 0. The van der Waals surface area contributed by atoms with Crippen molar-refractivity contribution in [2.24, 2.45) is 0 Å². The molecule has 130 valence electrons. The predicted molar refractivity (Wildman–Crippen MR) is 73.0 cm³/mol. The quantitative estimate of drug-likeness (QED) is 0.496. The molecule has 1 aliphatic heterocycles. The Morgan fingerprint density at radius 3 is 1.91 bits per heavy atom. The van der Waals surface area contributed by atoms with Crippen molar-refractivity contribution in [2.45, 2.75) is 52.1 Å². The van der Waals surface area contributed by atoms with Gasteiger partial charge >= 0.3 is 23.9 Å². The topological polar surface area (TPSA) is 114 Å². The van der Waals surface area contributed by atoms with Crippen molar-refractivity contribution in [1.82, 2.24) is 0 Å². The monoisotopic (exact) mass is 333 g/mol. The number of ether oxygens (including phenoxy) is 5. The number of esters is 4. The SMILES string of the molecule is [2H][C@@H]1O[C@H](COC(C)=O)[C@@H](OC(C)=O)[C@H](OC(C)=O)[C@H]1OC(C)=O. The zero-order valence-corrected chi connectivity index (χ0v) is 13.3. The van der Waals surface area contributed by atoms with Gasteiger partial charge in [0.1, 0.15) is 12.7 Å². The third-order valence-corrected chi connectivity index (χ3v) is 2.76. The Balaban J connectivity index is 3.11. The number of rotatable bonds is 5. The van der Waals surface area contributed by atoms with Crippen LogP contribution < -0.4 is 0 Å². The maximum absolute atomic E-state index is 11.4. The van der Waals surface area contributed by atoms with Gasteiger partial charge in [0.25, 0.3) is 0 Å². The molecular formula is C14H20O9. The van der Waals surface area contributed by atoms with E-state index in [0.29, 0.717) is 0 Å². The molecule has 0 N–H and O–H groups in total. The molecule has 9 heteroatoms. The van der Waals surface area contributed by atoms with Gasteiger partial charge in [0.05, 0.1) is 7.95 Å². The van der Waals surface area contributed by atoms with Gasteiger partial charge < -0.3 is 23.7 Å². The predicted octanol–water partition coefficient (Wildman–Crippen LogP) is -0.257. The Morgan fingerprint density at radius 1 is 0.913 bits per heavy atom. The third kappa shape index (κ3) is 6.23. The lowest BCUT2D eigenvalue weighted by Crippen LogP contribution is -2.58. The van der Waals surface area contributed by atoms with Crippen molar-refractivity contribution < 1.29 is 44.2 Å². The van der Waals surface area contributed by atoms with Gasteiger partial charge in [0, 0.05) is 27.7 Å². The van der Waals surface area contributed by atoms with Crippen molar-refractivity contribution in [1.29, 1.82) is 0 Å². The summed E-state index contributed by atoms with van der Waals surface area (Å²) in [5.74, 6) is -2.76. The van der Waals surface area contributed by atoms with E-state index in [1.807, 2.05) is 0 Å². The van der Waals surface area contributed by atoms with Crippen LogP contribution in [0.15, 0.2) is 0 Å². The van der Waals surface area contributed by atoms with E-state index < -0.39 is 54.9 Å². The van der Waals surface area contributed by atoms with Gasteiger partial charge in [-0.15, -0.1) is 0 Å². The van der Waals surface area contributed by atoms with Crippen molar-refractivity contribution >= 4 is 23.9 Å². The summed E-state index contributed by atoms with van der Waals surface area (Å²) in [6.07, 6.45) is -4.84. The largest absolute Gasteiger partial charge is 0.463 e. The van der Waals surface area contributed by atoms with E-state index in [2.05, 4.69) is 0 Å². The van der Waals surface area contributed by atoms with Gasteiger partial charge in [0.15, 0.2) is 18.3 Å². The first-order chi connectivity index (χ1) is 11.1. The Bertz CT molecular complexity index is 506. The average molecular weight is 333 g/mol. The van der Waals surface area contributed by atoms with Crippen molar-refractivity contribution in [3.05, 3.63) is 0 Å². The molecule has 0 amide bonds. The number of carbonyl (C=O) groups is 4. The molecule has 1 rings (SSSR count). The molecule has 0 aromatic carbocycles. The van der Waals surface area contributed by atoms with E-state index in [1.165, 1.54) is 6.92 Å². The van der Waals surface area contributed by atoms with Gasteiger partial charge in [-0.05, 0) is 0 Å². The van der Waals surface area contributed by atoms with Gasteiger partial charge in [-0.25, -0.2) is 0 Å². The Morgan fingerprint density at radius 2 is 1.43 bits per heavy atom. The smallest absolute Gasteiger partial charge is 0.303 e. The van der Waals surface area contributed by atoms with Crippen molar-refractivity contribution in [2.75, 3.05) is 13.2 Å². The summed E-state index contributed by atoms with van der Waals surface area (Å²) in [6, 6.07) is 0. The lowest BCUT2D eigenvalue weighted by molar-refractivity contribution is -0.231.